The van der Waals surface area contributed by atoms with Gasteiger partial charge in [-0.3, -0.25) is 4.79 Å². The minimum Gasteiger partial charge on any atom is -0.489 e. The van der Waals surface area contributed by atoms with Crippen molar-refractivity contribution in [3.63, 3.8) is 0 Å². The quantitative estimate of drug-likeness (QED) is 0.522. The van der Waals surface area contributed by atoms with Crippen LogP contribution in [-0.4, -0.2) is 13.4 Å². The monoisotopic (exact) mass is 364 g/mol. The zero-order valence-corrected chi connectivity index (χ0v) is 16.7. The molecule has 0 spiro atoms. The van der Waals surface area contributed by atoms with Gasteiger partial charge in [-0.1, -0.05) is 36.4 Å². The summed E-state index contributed by atoms with van der Waals surface area (Å²) in [7, 11) is 1.71. The lowest BCUT2D eigenvalue weighted by atomic mass is 9.75. The second-order valence-corrected chi connectivity index (χ2v) is 7.48. The number of benzene rings is 2. The number of fused-ring (bicyclic) bond motifs is 1. The van der Waals surface area contributed by atoms with Crippen molar-refractivity contribution in [1.82, 2.24) is 0 Å². The zero-order chi connectivity index (χ0) is 19.6. The predicted molar refractivity (Wildman–Crippen MR) is 108 cm³/mol. The number of aryl methyl sites for hydroxylation is 2. The van der Waals surface area contributed by atoms with Crippen LogP contribution >= 0.6 is 0 Å². The average Bonchev–Trinajstić information content (AvgIpc) is 2.67. The third kappa shape index (κ3) is 3.84. The third-order valence-corrected chi connectivity index (χ3v) is 5.64. The fourth-order valence-electron chi connectivity index (χ4n) is 4.20. The summed E-state index contributed by atoms with van der Waals surface area (Å²) in [6.07, 6.45) is 2.51. The van der Waals surface area contributed by atoms with Crippen molar-refractivity contribution in [2.24, 2.45) is 5.92 Å². The first kappa shape index (κ1) is 19.4. The van der Waals surface area contributed by atoms with E-state index >= 15 is 0 Å². The fraction of sp³-hybridized carbons (Fsp3) is 0.375. The molecule has 0 aromatic heterocycles. The van der Waals surface area contributed by atoms with Gasteiger partial charge in [0.2, 0.25) is 0 Å². The number of hydrogen-bond acceptors (Lipinski definition) is 3. The van der Waals surface area contributed by atoms with Crippen LogP contribution in [0.1, 0.15) is 45.9 Å². The van der Waals surface area contributed by atoms with Crippen molar-refractivity contribution in [2.45, 2.75) is 46.3 Å². The molecule has 0 amide bonds. The van der Waals surface area contributed by atoms with Crippen molar-refractivity contribution >= 4 is 6.29 Å². The average molecular weight is 364 g/mol. The molecule has 0 unspecified atom stereocenters. The van der Waals surface area contributed by atoms with Gasteiger partial charge >= 0.3 is 0 Å². The molecule has 2 atom stereocenters. The molecule has 0 aliphatic heterocycles. The standard InChI is InChI=1S/C24H28O3/c1-15-7-6-8-19(11-15)14-27-22-12-16(2)20-9-10-21(17(3)13-25)24(26-5)23(20)18(22)4/h6-8,11-13,21,24H,3,9-10,14H2,1-2,4-5H3/t21-,24+/m0/s1. The van der Waals surface area contributed by atoms with E-state index in [1.165, 1.54) is 16.7 Å². The molecule has 0 heterocycles. The highest BCUT2D eigenvalue weighted by atomic mass is 16.5. The first-order valence-corrected chi connectivity index (χ1v) is 9.44. The SMILES string of the molecule is C=C(C=O)[C@@H]1CCc2c(C)cc(OCc3cccc(C)c3)c(C)c2[C@@H]1OC. The summed E-state index contributed by atoms with van der Waals surface area (Å²) >= 11 is 0. The van der Waals surface area contributed by atoms with Crippen LogP contribution in [0.4, 0.5) is 0 Å². The molecule has 2 aromatic carbocycles. The molecular formula is C24H28O3. The van der Waals surface area contributed by atoms with Crippen LogP contribution in [0.25, 0.3) is 0 Å². The maximum Gasteiger partial charge on any atom is 0.145 e. The summed E-state index contributed by atoms with van der Waals surface area (Å²) in [5.74, 6) is 0.900. The lowest BCUT2D eigenvalue weighted by molar-refractivity contribution is -0.106. The van der Waals surface area contributed by atoms with Crippen LogP contribution in [0.3, 0.4) is 0 Å². The number of rotatable bonds is 6. The highest BCUT2D eigenvalue weighted by Gasteiger charge is 2.34. The van der Waals surface area contributed by atoms with E-state index in [1.807, 2.05) is 0 Å². The third-order valence-electron chi connectivity index (χ3n) is 5.64. The topological polar surface area (TPSA) is 35.5 Å². The molecule has 0 saturated heterocycles. The molecule has 1 aliphatic carbocycles. The Morgan fingerprint density at radius 2 is 2.04 bits per heavy atom. The van der Waals surface area contributed by atoms with Gasteiger partial charge in [-0.15, -0.1) is 0 Å². The molecule has 3 heteroatoms. The van der Waals surface area contributed by atoms with Gasteiger partial charge in [-0.25, -0.2) is 0 Å². The smallest absolute Gasteiger partial charge is 0.145 e. The van der Waals surface area contributed by atoms with E-state index in [-0.39, 0.29) is 12.0 Å². The number of hydrogen-bond donors (Lipinski definition) is 0. The summed E-state index contributed by atoms with van der Waals surface area (Å²) in [4.78, 5) is 11.3. The van der Waals surface area contributed by atoms with Crippen molar-refractivity contribution in [3.05, 3.63) is 75.9 Å². The number of carbonyl (C=O) groups is 1. The predicted octanol–water partition coefficient (Wildman–Crippen LogP) is 5.20. The molecule has 142 valence electrons. The summed E-state index contributed by atoms with van der Waals surface area (Å²) < 4.78 is 12.0. The lowest BCUT2D eigenvalue weighted by Crippen LogP contribution is -2.26. The Morgan fingerprint density at radius 3 is 2.70 bits per heavy atom. The van der Waals surface area contributed by atoms with Gasteiger partial charge in [0.1, 0.15) is 18.6 Å². The van der Waals surface area contributed by atoms with E-state index in [0.717, 1.165) is 41.6 Å². The largest absolute Gasteiger partial charge is 0.489 e. The maximum atomic E-state index is 11.3. The van der Waals surface area contributed by atoms with E-state index in [9.17, 15) is 4.79 Å². The molecule has 27 heavy (non-hydrogen) atoms. The molecule has 0 bridgehead atoms. The van der Waals surface area contributed by atoms with Gasteiger partial charge in [0.15, 0.2) is 0 Å². The minimum absolute atomic E-state index is 0.0186. The van der Waals surface area contributed by atoms with E-state index < -0.39 is 0 Å². The summed E-state index contributed by atoms with van der Waals surface area (Å²) in [6, 6.07) is 10.5. The van der Waals surface area contributed by atoms with Crippen molar-refractivity contribution in [1.29, 1.82) is 0 Å². The molecule has 3 nitrogen and oxygen atoms in total. The summed E-state index contributed by atoms with van der Waals surface area (Å²) in [5.41, 5.74) is 7.78. The van der Waals surface area contributed by atoms with Gasteiger partial charge < -0.3 is 9.47 Å². The minimum atomic E-state index is -0.160. The normalized spacial score (nSPS) is 18.7. The second-order valence-electron chi connectivity index (χ2n) is 7.48. The Morgan fingerprint density at radius 1 is 1.26 bits per heavy atom. The molecule has 0 N–H and O–H groups in total. The second kappa shape index (κ2) is 8.10. The lowest BCUT2D eigenvalue weighted by Gasteiger charge is -2.35. The molecule has 1 aliphatic rings. The first-order valence-electron chi connectivity index (χ1n) is 9.44. The Kier molecular flexibility index (Phi) is 5.81. The van der Waals surface area contributed by atoms with Crippen LogP contribution in [0.15, 0.2) is 42.5 Å². The van der Waals surface area contributed by atoms with Crippen molar-refractivity contribution in [3.8, 4) is 5.75 Å². The van der Waals surface area contributed by atoms with Crippen molar-refractivity contribution in [2.75, 3.05) is 7.11 Å². The van der Waals surface area contributed by atoms with Crippen LogP contribution in [0.2, 0.25) is 0 Å². The zero-order valence-electron chi connectivity index (χ0n) is 16.7. The van der Waals surface area contributed by atoms with Crippen LogP contribution in [-0.2, 0) is 22.6 Å². The van der Waals surface area contributed by atoms with Crippen LogP contribution in [0.5, 0.6) is 5.75 Å². The Balaban J connectivity index is 1.95. The Hall–Kier alpha value is -2.39. The maximum absolute atomic E-state index is 11.3. The number of aldehydes is 1. The van der Waals surface area contributed by atoms with Gasteiger partial charge in [0, 0.05) is 13.0 Å². The Labute approximate surface area is 162 Å². The highest BCUT2D eigenvalue weighted by molar-refractivity contribution is 5.73. The van der Waals surface area contributed by atoms with Crippen molar-refractivity contribution < 1.29 is 14.3 Å². The van der Waals surface area contributed by atoms with Crippen LogP contribution < -0.4 is 4.74 Å². The van der Waals surface area contributed by atoms with E-state index in [2.05, 4.69) is 57.7 Å². The summed E-state index contributed by atoms with van der Waals surface area (Å²) in [6.45, 7) is 10.8. The molecule has 2 aromatic rings. The van der Waals surface area contributed by atoms with Gasteiger partial charge in [0.25, 0.3) is 0 Å². The molecule has 0 radical (unpaired) electrons. The number of carbonyl (C=O) groups excluding carboxylic acids is 1. The van der Waals surface area contributed by atoms with E-state index in [1.54, 1.807) is 7.11 Å². The molecular weight excluding hydrogens is 336 g/mol. The molecule has 0 fully saturated rings. The van der Waals surface area contributed by atoms with E-state index in [4.69, 9.17) is 9.47 Å². The van der Waals surface area contributed by atoms with Gasteiger partial charge in [-0.2, -0.15) is 0 Å². The van der Waals surface area contributed by atoms with E-state index in [0.29, 0.717) is 12.2 Å². The fourth-order valence-corrected chi connectivity index (χ4v) is 4.20. The first-order chi connectivity index (χ1) is 13.0. The highest BCUT2D eigenvalue weighted by Crippen LogP contribution is 2.44. The van der Waals surface area contributed by atoms with Gasteiger partial charge in [-0.05, 0) is 73.1 Å². The van der Waals surface area contributed by atoms with Crippen LogP contribution in [0, 0.1) is 26.7 Å². The van der Waals surface area contributed by atoms with Gasteiger partial charge in [0.05, 0.1) is 6.10 Å². The summed E-state index contributed by atoms with van der Waals surface area (Å²) in [5, 5.41) is 0. The number of ether oxygens (including phenoxy) is 2. The molecule has 3 rings (SSSR count). The Bertz CT molecular complexity index is 866. The molecule has 0 saturated carbocycles. The number of methoxy groups -OCH3 is 1.